The van der Waals surface area contributed by atoms with Crippen LogP contribution in [-0.4, -0.2) is 36.1 Å². The molecule has 0 spiro atoms. The first-order chi connectivity index (χ1) is 9.55. The van der Waals surface area contributed by atoms with Crippen LogP contribution in [-0.2, 0) is 0 Å². The van der Waals surface area contributed by atoms with Crippen LogP contribution in [0.1, 0.15) is 38.2 Å². The molecule has 1 aliphatic rings. The Labute approximate surface area is 121 Å². The van der Waals surface area contributed by atoms with Crippen molar-refractivity contribution in [3.05, 3.63) is 23.9 Å². The van der Waals surface area contributed by atoms with E-state index in [4.69, 9.17) is 5.26 Å². The molecule has 1 aliphatic carbocycles. The number of anilines is 1. The maximum Gasteiger partial charge on any atom is 0.126 e. The molecule has 1 saturated carbocycles. The SMILES string of the molecule is CC1CCCC(CNc2ccc(C#N)cn2)(N(C)C)C1. The molecule has 1 N–H and O–H groups in total. The second kappa shape index (κ2) is 6.23. The van der Waals surface area contributed by atoms with Gasteiger partial charge in [0.05, 0.1) is 5.56 Å². The van der Waals surface area contributed by atoms with Gasteiger partial charge < -0.3 is 10.2 Å². The smallest absolute Gasteiger partial charge is 0.126 e. The first-order valence-corrected chi connectivity index (χ1v) is 7.33. The molecule has 2 rings (SSSR count). The topological polar surface area (TPSA) is 52.0 Å². The lowest BCUT2D eigenvalue weighted by atomic mass is 9.75. The van der Waals surface area contributed by atoms with Gasteiger partial charge in [-0.2, -0.15) is 5.26 Å². The molecule has 20 heavy (non-hydrogen) atoms. The van der Waals surface area contributed by atoms with Crippen molar-refractivity contribution in [2.75, 3.05) is 26.0 Å². The predicted molar refractivity (Wildman–Crippen MR) is 81.5 cm³/mol. The summed E-state index contributed by atoms with van der Waals surface area (Å²) in [7, 11) is 4.35. The summed E-state index contributed by atoms with van der Waals surface area (Å²) >= 11 is 0. The van der Waals surface area contributed by atoms with Crippen molar-refractivity contribution in [1.29, 1.82) is 5.26 Å². The molecule has 0 aromatic carbocycles. The van der Waals surface area contributed by atoms with Gasteiger partial charge in [0.1, 0.15) is 11.9 Å². The number of nitrogens with zero attached hydrogens (tertiary/aromatic N) is 3. The summed E-state index contributed by atoms with van der Waals surface area (Å²) in [5.74, 6) is 1.63. The average molecular weight is 272 g/mol. The molecule has 4 nitrogen and oxygen atoms in total. The second-order valence-electron chi connectivity index (χ2n) is 6.22. The van der Waals surface area contributed by atoms with Gasteiger partial charge in [-0.15, -0.1) is 0 Å². The zero-order valence-corrected chi connectivity index (χ0v) is 12.7. The lowest BCUT2D eigenvalue weighted by Crippen LogP contribution is -2.52. The van der Waals surface area contributed by atoms with Gasteiger partial charge in [0.15, 0.2) is 0 Å². The predicted octanol–water partition coefficient (Wildman–Crippen LogP) is 2.88. The van der Waals surface area contributed by atoms with Gasteiger partial charge in [-0.3, -0.25) is 0 Å². The molecule has 1 aromatic heterocycles. The second-order valence-corrected chi connectivity index (χ2v) is 6.22. The molecular weight excluding hydrogens is 248 g/mol. The van der Waals surface area contributed by atoms with Crippen molar-refractivity contribution >= 4 is 5.82 Å². The van der Waals surface area contributed by atoms with Crippen LogP contribution in [0.25, 0.3) is 0 Å². The van der Waals surface area contributed by atoms with Crippen molar-refractivity contribution in [2.45, 2.75) is 38.1 Å². The molecule has 0 radical (unpaired) electrons. The third kappa shape index (κ3) is 3.29. The van der Waals surface area contributed by atoms with E-state index >= 15 is 0 Å². The molecule has 4 heteroatoms. The van der Waals surface area contributed by atoms with Gasteiger partial charge in [0.25, 0.3) is 0 Å². The van der Waals surface area contributed by atoms with Crippen molar-refractivity contribution in [3.8, 4) is 6.07 Å². The van der Waals surface area contributed by atoms with E-state index < -0.39 is 0 Å². The van der Waals surface area contributed by atoms with Crippen molar-refractivity contribution in [3.63, 3.8) is 0 Å². The molecule has 0 bridgehead atoms. The third-order valence-electron chi connectivity index (χ3n) is 4.51. The number of hydrogen-bond donors (Lipinski definition) is 1. The van der Waals surface area contributed by atoms with E-state index in [1.54, 1.807) is 12.3 Å². The summed E-state index contributed by atoms with van der Waals surface area (Å²) in [6, 6.07) is 5.78. The van der Waals surface area contributed by atoms with E-state index in [1.165, 1.54) is 25.7 Å². The van der Waals surface area contributed by atoms with Crippen LogP contribution in [0.3, 0.4) is 0 Å². The Morgan fingerprint density at radius 1 is 1.50 bits per heavy atom. The van der Waals surface area contributed by atoms with Crippen LogP contribution in [0.5, 0.6) is 0 Å². The fourth-order valence-corrected chi connectivity index (χ4v) is 3.18. The van der Waals surface area contributed by atoms with Gasteiger partial charge in [0.2, 0.25) is 0 Å². The number of pyridine rings is 1. The van der Waals surface area contributed by atoms with Crippen LogP contribution in [0.4, 0.5) is 5.82 Å². The maximum absolute atomic E-state index is 8.79. The number of rotatable bonds is 4. The fourth-order valence-electron chi connectivity index (χ4n) is 3.18. The number of likely N-dealkylation sites (N-methyl/N-ethyl adjacent to an activating group) is 1. The molecule has 1 aromatic rings. The zero-order valence-electron chi connectivity index (χ0n) is 12.7. The minimum Gasteiger partial charge on any atom is -0.368 e. The third-order valence-corrected chi connectivity index (χ3v) is 4.51. The van der Waals surface area contributed by atoms with Crippen LogP contribution in [0, 0.1) is 17.2 Å². The van der Waals surface area contributed by atoms with Gasteiger partial charge in [-0.05, 0) is 45.0 Å². The summed E-state index contributed by atoms with van der Waals surface area (Å²) < 4.78 is 0. The average Bonchev–Trinajstić information content (AvgIpc) is 2.45. The van der Waals surface area contributed by atoms with E-state index in [0.29, 0.717) is 5.56 Å². The van der Waals surface area contributed by atoms with Crippen LogP contribution >= 0.6 is 0 Å². The summed E-state index contributed by atoms with van der Waals surface area (Å²) in [6.07, 6.45) is 6.71. The Balaban J connectivity index is 2.03. The van der Waals surface area contributed by atoms with Gasteiger partial charge in [0, 0.05) is 18.3 Å². The number of hydrogen-bond acceptors (Lipinski definition) is 4. The van der Waals surface area contributed by atoms with Crippen LogP contribution in [0.2, 0.25) is 0 Å². The van der Waals surface area contributed by atoms with Crippen LogP contribution < -0.4 is 5.32 Å². The fraction of sp³-hybridized carbons (Fsp3) is 0.625. The lowest BCUT2D eigenvalue weighted by molar-refractivity contribution is 0.0881. The van der Waals surface area contributed by atoms with E-state index in [9.17, 15) is 0 Å². The highest BCUT2D eigenvalue weighted by Crippen LogP contribution is 2.35. The monoisotopic (exact) mass is 272 g/mol. The molecule has 0 saturated heterocycles. The Bertz CT molecular complexity index is 474. The van der Waals surface area contributed by atoms with Crippen molar-refractivity contribution in [1.82, 2.24) is 9.88 Å². The highest BCUT2D eigenvalue weighted by Gasteiger charge is 2.36. The Morgan fingerprint density at radius 3 is 2.85 bits per heavy atom. The van der Waals surface area contributed by atoms with E-state index in [1.807, 2.05) is 6.07 Å². The summed E-state index contributed by atoms with van der Waals surface area (Å²) in [5, 5.41) is 12.2. The number of nitrogens with one attached hydrogen (secondary N) is 1. The Hall–Kier alpha value is -1.60. The molecular formula is C16H24N4. The largest absolute Gasteiger partial charge is 0.368 e. The lowest BCUT2D eigenvalue weighted by Gasteiger charge is -2.45. The first kappa shape index (κ1) is 14.8. The summed E-state index contributed by atoms with van der Waals surface area (Å²) in [5.41, 5.74) is 0.817. The molecule has 2 atom stereocenters. The minimum atomic E-state index is 0.216. The molecule has 1 fully saturated rings. The highest BCUT2D eigenvalue weighted by molar-refractivity contribution is 5.39. The van der Waals surface area contributed by atoms with E-state index in [2.05, 4.69) is 42.3 Å². The standard InChI is InChI=1S/C16H24N4/c1-13-5-4-8-16(9-13,20(2)3)12-19-15-7-6-14(10-17)11-18-15/h6-7,11,13H,4-5,8-9,12H2,1-3H3,(H,18,19). The normalized spacial score (nSPS) is 26.2. The van der Waals surface area contributed by atoms with Gasteiger partial charge >= 0.3 is 0 Å². The number of nitriles is 1. The Morgan fingerprint density at radius 2 is 2.30 bits per heavy atom. The first-order valence-electron chi connectivity index (χ1n) is 7.33. The summed E-state index contributed by atoms with van der Waals surface area (Å²) in [6.45, 7) is 3.25. The van der Waals surface area contributed by atoms with E-state index in [-0.39, 0.29) is 5.54 Å². The Kier molecular flexibility index (Phi) is 4.61. The molecule has 1 heterocycles. The molecule has 0 amide bonds. The van der Waals surface area contributed by atoms with Crippen molar-refractivity contribution in [2.24, 2.45) is 5.92 Å². The van der Waals surface area contributed by atoms with Crippen molar-refractivity contribution < 1.29 is 0 Å². The molecule has 0 aliphatic heterocycles. The maximum atomic E-state index is 8.79. The van der Waals surface area contributed by atoms with Gasteiger partial charge in [-0.25, -0.2) is 4.98 Å². The van der Waals surface area contributed by atoms with Crippen LogP contribution in [0.15, 0.2) is 18.3 Å². The van der Waals surface area contributed by atoms with Gasteiger partial charge in [-0.1, -0.05) is 19.8 Å². The number of aromatic nitrogens is 1. The molecule has 2 unspecified atom stereocenters. The van der Waals surface area contributed by atoms with E-state index in [0.717, 1.165) is 18.3 Å². The molecule has 108 valence electrons. The minimum absolute atomic E-state index is 0.216. The highest BCUT2D eigenvalue weighted by atomic mass is 15.2. The quantitative estimate of drug-likeness (QED) is 0.915. The summed E-state index contributed by atoms with van der Waals surface area (Å²) in [4.78, 5) is 6.65. The zero-order chi connectivity index (χ0) is 14.6.